The molecule has 1 atom stereocenters. The van der Waals surface area contributed by atoms with E-state index in [4.69, 9.17) is 61.5 Å². The summed E-state index contributed by atoms with van der Waals surface area (Å²) in [6.07, 6.45) is 8.68. The van der Waals surface area contributed by atoms with Crippen LogP contribution < -0.4 is 9.16 Å². The van der Waals surface area contributed by atoms with Crippen LogP contribution in [-0.4, -0.2) is 108 Å². The Morgan fingerprint density at radius 3 is 1.35 bits per heavy atom. The summed E-state index contributed by atoms with van der Waals surface area (Å²) in [5, 5.41) is 12.4. The summed E-state index contributed by atoms with van der Waals surface area (Å²) in [7, 11) is -2.48. The number of methoxy groups -OCH3 is 2. The number of rotatable bonds is 44. The Kier molecular flexibility index (Phi) is 30.0. The van der Waals surface area contributed by atoms with E-state index in [1.165, 1.54) is 0 Å². The van der Waals surface area contributed by atoms with E-state index in [1.807, 2.05) is 134 Å². The number of unbranched alkanes of at least 4 members (excludes halogenated alkanes) is 5. The van der Waals surface area contributed by atoms with Crippen molar-refractivity contribution in [3.05, 3.63) is 137 Å². The maximum atomic E-state index is 14.3. The van der Waals surface area contributed by atoms with Crippen LogP contribution in [0.2, 0.25) is 5.04 Å². The molecule has 0 saturated heterocycles. The molecule has 490 valence electrons. The minimum absolute atomic E-state index is 0.0346. The second kappa shape index (κ2) is 35.7. The fourth-order valence-corrected chi connectivity index (χ4v) is 20.0. The SMILES string of the molecule is CCCCCc1nc(O[Si](C(Cc2ccccc2)(Cc2ccccc2)C(OCC)(OCC)OCC)(C(OC)(OC)C(C)(C)C)C(OCC)(OCC)C(OCCCC)(OCCCC)OCCCC)c(O)c(Oc2cccc(CC)c2CC)c1-c1ccccc1. The Morgan fingerprint density at radius 2 is 0.943 bits per heavy atom. The highest BCUT2D eigenvalue weighted by molar-refractivity contribution is 6.83. The van der Waals surface area contributed by atoms with Gasteiger partial charge in [-0.2, -0.15) is 0 Å². The molecule has 0 aliphatic rings. The zero-order valence-corrected chi connectivity index (χ0v) is 57.7. The molecular weight excluding hydrogens is 1130 g/mol. The van der Waals surface area contributed by atoms with Crippen LogP contribution in [0, 0.1) is 5.41 Å². The van der Waals surface area contributed by atoms with Crippen molar-refractivity contribution in [2.45, 2.75) is 215 Å². The number of hydrogen-bond donors (Lipinski definition) is 1. The molecule has 1 N–H and O–H groups in total. The van der Waals surface area contributed by atoms with Gasteiger partial charge in [0.15, 0.2) is 5.75 Å². The number of aromatic hydroxyl groups is 1. The molecule has 1 unspecified atom stereocenters. The normalized spacial score (nSPS) is 13.5. The largest absolute Gasteiger partial charge is 0.515 e. The maximum absolute atomic E-state index is 14.3. The molecule has 0 bridgehead atoms. The fraction of sp³-hybridized carbons (Fsp3) is 0.603. The summed E-state index contributed by atoms with van der Waals surface area (Å²) < 4.78 is 92.9. The predicted octanol–water partition coefficient (Wildman–Crippen LogP) is 17.4. The van der Waals surface area contributed by atoms with Crippen LogP contribution in [0.1, 0.15) is 183 Å². The van der Waals surface area contributed by atoms with Gasteiger partial charge in [0, 0.05) is 52.7 Å². The van der Waals surface area contributed by atoms with E-state index in [0.717, 1.165) is 72.8 Å². The van der Waals surface area contributed by atoms with Crippen molar-refractivity contribution >= 4 is 8.32 Å². The van der Waals surface area contributed by atoms with E-state index in [2.05, 4.69) is 71.9 Å². The van der Waals surface area contributed by atoms with Gasteiger partial charge in [-0.25, -0.2) is 4.98 Å². The molecule has 0 aliphatic heterocycles. The van der Waals surface area contributed by atoms with Gasteiger partial charge in [-0.15, -0.1) is 0 Å². The smallest absolute Gasteiger partial charge is 0.400 e. The van der Waals surface area contributed by atoms with Crippen molar-refractivity contribution in [2.75, 3.05) is 67.1 Å². The van der Waals surface area contributed by atoms with E-state index >= 15 is 0 Å². The summed E-state index contributed by atoms with van der Waals surface area (Å²) in [5.74, 6) is -4.39. The third-order valence-corrected chi connectivity index (χ3v) is 22.7. The lowest BCUT2D eigenvalue weighted by Crippen LogP contribution is -2.93. The molecule has 0 saturated carbocycles. The molecule has 5 rings (SSSR count). The standard InChI is InChI=1S/C73H111NO13Si/c1-17-28-35-50-62-64(60-47-40-34-41-48-60)66(86-63-51-42-49-59(21-5)61(63)22-6)65(75)67(74-62)87-88(72(76-15,77-16)68(12,13)14,73(81-26-10,82-27-11)71(83-52-29-18-2,84-53-30-19-3)85-54-31-20-4)69(55-57-43-36-32-37-44-57,56-58-45-38-33-39-46-58)70(78-23-7,79-24-8)80-25-9/h32-34,36-49,51,75H,17-31,35,50,52-56H2,1-16H3. The number of pyridine rings is 1. The van der Waals surface area contributed by atoms with Crippen LogP contribution in [0.4, 0.5) is 0 Å². The molecule has 0 radical (unpaired) electrons. The summed E-state index contributed by atoms with van der Waals surface area (Å²) >= 11 is 0. The van der Waals surface area contributed by atoms with E-state index in [-0.39, 0.29) is 77.3 Å². The molecule has 5 aromatic rings. The number of aryl methyl sites for hydroxylation is 2. The third-order valence-electron chi connectivity index (χ3n) is 16.6. The van der Waals surface area contributed by atoms with Crippen molar-refractivity contribution in [1.29, 1.82) is 0 Å². The van der Waals surface area contributed by atoms with E-state index < -0.39 is 47.3 Å². The Labute approximate surface area is 531 Å². The molecular formula is C73H111NO13Si. The zero-order valence-electron chi connectivity index (χ0n) is 56.7. The van der Waals surface area contributed by atoms with Gasteiger partial charge < -0.3 is 61.6 Å². The van der Waals surface area contributed by atoms with Gasteiger partial charge in [0.05, 0.1) is 36.1 Å². The number of ether oxygens (including phenoxy) is 11. The lowest BCUT2D eigenvalue weighted by atomic mass is 9.88. The highest BCUT2D eigenvalue weighted by atomic mass is 28.4. The average Bonchev–Trinajstić information content (AvgIpc) is 0.658. The van der Waals surface area contributed by atoms with Crippen LogP contribution >= 0.6 is 0 Å². The molecule has 0 fully saturated rings. The van der Waals surface area contributed by atoms with Crippen molar-refractivity contribution in [2.24, 2.45) is 5.41 Å². The molecule has 4 aromatic carbocycles. The molecule has 14 nitrogen and oxygen atoms in total. The molecule has 0 spiro atoms. The summed E-state index contributed by atoms with van der Waals surface area (Å²) in [4.78, 5) is 5.75. The van der Waals surface area contributed by atoms with E-state index in [1.54, 1.807) is 14.2 Å². The van der Waals surface area contributed by atoms with Gasteiger partial charge in [0.1, 0.15) is 5.75 Å². The van der Waals surface area contributed by atoms with Crippen LogP contribution in [0.3, 0.4) is 0 Å². The Morgan fingerprint density at radius 1 is 0.477 bits per heavy atom. The minimum atomic E-state index is -5.74. The van der Waals surface area contributed by atoms with Gasteiger partial charge in [-0.05, 0) is 126 Å². The maximum Gasteiger partial charge on any atom is 0.400 e. The number of nitrogens with zero attached hydrogens (tertiary/aromatic N) is 1. The Balaban J connectivity index is 2.43. The minimum Gasteiger partial charge on any atom is -0.515 e. The van der Waals surface area contributed by atoms with Gasteiger partial charge in [0.25, 0.3) is 11.4 Å². The monoisotopic (exact) mass is 1240 g/mol. The van der Waals surface area contributed by atoms with Crippen molar-refractivity contribution < 1.29 is 61.6 Å². The first-order valence-electron chi connectivity index (χ1n) is 33.1. The van der Waals surface area contributed by atoms with Crippen molar-refractivity contribution in [3.8, 4) is 34.3 Å². The molecule has 1 aromatic heterocycles. The second-order valence-electron chi connectivity index (χ2n) is 23.4. The first kappa shape index (κ1) is 74.0. The molecule has 0 amide bonds. The van der Waals surface area contributed by atoms with Gasteiger partial charge in [-0.1, -0.05) is 198 Å². The molecule has 0 aliphatic carbocycles. The first-order chi connectivity index (χ1) is 42.5. The van der Waals surface area contributed by atoms with Gasteiger partial charge >= 0.3 is 14.3 Å². The van der Waals surface area contributed by atoms with Gasteiger partial charge in [-0.3, -0.25) is 0 Å². The molecule has 1 heterocycles. The van der Waals surface area contributed by atoms with Crippen LogP contribution in [0.5, 0.6) is 23.1 Å². The second-order valence-corrected chi connectivity index (χ2v) is 27.2. The first-order valence-corrected chi connectivity index (χ1v) is 35.0. The highest BCUT2D eigenvalue weighted by Crippen LogP contribution is 2.69. The van der Waals surface area contributed by atoms with Crippen molar-refractivity contribution in [3.63, 3.8) is 0 Å². The Hall–Kier alpha value is -4.75. The number of hydrogen-bond acceptors (Lipinski definition) is 14. The van der Waals surface area contributed by atoms with Crippen LogP contribution in [-0.2, 0) is 79.5 Å². The molecule has 88 heavy (non-hydrogen) atoms. The van der Waals surface area contributed by atoms with Crippen molar-refractivity contribution in [1.82, 2.24) is 4.98 Å². The predicted molar refractivity (Wildman–Crippen MR) is 354 cm³/mol. The van der Waals surface area contributed by atoms with E-state index in [0.29, 0.717) is 49.1 Å². The zero-order chi connectivity index (χ0) is 64.3. The summed E-state index contributed by atoms with van der Waals surface area (Å²) in [6.45, 7) is 29.1. The summed E-state index contributed by atoms with van der Waals surface area (Å²) in [5.41, 5.74) is 0.0712. The number of benzene rings is 4. The lowest BCUT2D eigenvalue weighted by Gasteiger charge is -2.68. The van der Waals surface area contributed by atoms with Crippen LogP contribution in [0.15, 0.2) is 109 Å². The van der Waals surface area contributed by atoms with E-state index in [9.17, 15) is 5.11 Å². The Bertz CT molecular complexity index is 2660. The topological polar surface area (TPSA) is 144 Å². The third kappa shape index (κ3) is 15.6. The quantitative estimate of drug-likeness (QED) is 0.0224. The summed E-state index contributed by atoms with van der Waals surface area (Å²) in [6, 6.07) is 36.5. The fourth-order valence-electron chi connectivity index (χ4n) is 12.9. The number of aromatic nitrogens is 1. The highest BCUT2D eigenvalue weighted by Gasteiger charge is 2.94. The van der Waals surface area contributed by atoms with Gasteiger partial charge in [0.2, 0.25) is 17.0 Å². The lowest BCUT2D eigenvalue weighted by molar-refractivity contribution is -0.484. The van der Waals surface area contributed by atoms with Crippen LogP contribution in [0.25, 0.3) is 11.1 Å². The average molecular weight is 1240 g/mol. The molecule has 15 heteroatoms.